The molecule has 0 aromatic carbocycles. The fourth-order valence-electron chi connectivity index (χ4n) is 0.500. The highest BCUT2D eigenvalue weighted by atomic mass is 79.9. The van der Waals surface area contributed by atoms with Gasteiger partial charge < -0.3 is 0 Å². The van der Waals surface area contributed by atoms with Gasteiger partial charge in [0.1, 0.15) is 4.60 Å². The third-order valence-electron chi connectivity index (χ3n) is 0.892. The molecule has 0 unspecified atom stereocenters. The van der Waals surface area contributed by atoms with E-state index in [4.69, 9.17) is 5.53 Å². The summed E-state index contributed by atoms with van der Waals surface area (Å²) in [7, 11) is 0. The third kappa shape index (κ3) is 1.46. The minimum Gasteiger partial charge on any atom is -0.249 e. The minimum absolute atomic E-state index is 0.505. The maximum Gasteiger partial charge on any atom is 0.115 e. The van der Waals surface area contributed by atoms with E-state index >= 15 is 0 Å². The third-order valence-corrected chi connectivity index (χ3v) is 1.50. The van der Waals surface area contributed by atoms with E-state index in [1.165, 1.54) is 0 Å². The van der Waals surface area contributed by atoms with Gasteiger partial charge in [-0.2, -0.15) is 0 Å². The fourth-order valence-corrected chi connectivity index (χ4v) is 0.830. The largest absolute Gasteiger partial charge is 0.249 e. The number of hydrogen-bond acceptors (Lipinski definition) is 2. The van der Waals surface area contributed by atoms with E-state index in [1.54, 1.807) is 18.3 Å². The zero-order valence-electron chi connectivity index (χ0n) is 4.90. The Morgan fingerprint density at radius 2 is 2.50 bits per heavy atom. The molecule has 0 spiro atoms. The summed E-state index contributed by atoms with van der Waals surface area (Å²) >= 11 is 3.12. The van der Waals surface area contributed by atoms with Gasteiger partial charge in [-0.1, -0.05) is 5.11 Å². The van der Waals surface area contributed by atoms with Crippen LogP contribution in [0, 0.1) is 0 Å². The van der Waals surface area contributed by atoms with Crippen LogP contribution in [0.1, 0.15) is 0 Å². The van der Waals surface area contributed by atoms with E-state index in [0.717, 1.165) is 0 Å². The van der Waals surface area contributed by atoms with Crippen LogP contribution in [0.25, 0.3) is 10.4 Å². The molecule has 1 aromatic heterocycles. The molecule has 0 saturated carbocycles. The zero-order valence-corrected chi connectivity index (χ0v) is 6.48. The summed E-state index contributed by atoms with van der Waals surface area (Å²) in [4.78, 5) is 6.47. The maximum absolute atomic E-state index is 8.05. The average molecular weight is 199 g/mol. The summed E-state index contributed by atoms with van der Waals surface area (Å²) < 4.78 is 0.563. The van der Waals surface area contributed by atoms with Crippen LogP contribution < -0.4 is 0 Å². The number of rotatable bonds is 1. The van der Waals surface area contributed by atoms with Crippen molar-refractivity contribution in [3.8, 4) is 0 Å². The summed E-state index contributed by atoms with van der Waals surface area (Å²) in [6.07, 6.45) is 1.61. The monoisotopic (exact) mass is 198 g/mol. The lowest BCUT2D eigenvalue weighted by Crippen LogP contribution is -1.71. The Hall–Kier alpha value is -1.06. The lowest BCUT2D eigenvalue weighted by atomic mass is 10.4. The molecule has 0 radical (unpaired) electrons. The Balaban J connectivity index is 3.14. The Labute approximate surface area is 65.7 Å². The molecule has 0 fully saturated rings. The lowest BCUT2D eigenvalue weighted by Gasteiger charge is -1.90. The predicted molar refractivity (Wildman–Crippen MR) is 40.7 cm³/mol. The maximum atomic E-state index is 8.05. The molecule has 0 amide bonds. The van der Waals surface area contributed by atoms with Crippen molar-refractivity contribution in [1.29, 1.82) is 0 Å². The minimum atomic E-state index is 0.505. The van der Waals surface area contributed by atoms with Gasteiger partial charge >= 0.3 is 0 Å². The molecular weight excluding hydrogens is 196 g/mol. The molecule has 0 aliphatic heterocycles. The van der Waals surface area contributed by atoms with Gasteiger partial charge in [0.2, 0.25) is 0 Å². The first-order valence-corrected chi connectivity index (χ1v) is 3.29. The molecule has 1 heterocycles. The Morgan fingerprint density at radius 1 is 1.70 bits per heavy atom. The molecule has 0 bridgehead atoms. The van der Waals surface area contributed by atoms with Gasteiger partial charge in [-0.3, -0.25) is 0 Å². The molecule has 0 aliphatic rings. The van der Waals surface area contributed by atoms with Gasteiger partial charge in [0.15, 0.2) is 0 Å². The van der Waals surface area contributed by atoms with Crippen molar-refractivity contribution >= 4 is 21.6 Å². The second kappa shape index (κ2) is 3.20. The first-order chi connectivity index (χ1) is 4.84. The zero-order chi connectivity index (χ0) is 7.40. The fraction of sp³-hybridized carbons (Fsp3) is 0. The number of nitrogens with zero attached hydrogens (tertiary/aromatic N) is 4. The Kier molecular flexibility index (Phi) is 2.25. The van der Waals surface area contributed by atoms with Crippen molar-refractivity contribution in [3.63, 3.8) is 0 Å². The molecule has 0 atom stereocenters. The van der Waals surface area contributed by atoms with Crippen LogP contribution in [0.5, 0.6) is 0 Å². The highest BCUT2D eigenvalue weighted by molar-refractivity contribution is 9.10. The van der Waals surface area contributed by atoms with Crippen LogP contribution >= 0.6 is 15.9 Å². The van der Waals surface area contributed by atoms with Crippen LogP contribution in [0.2, 0.25) is 0 Å². The van der Waals surface area contributed by atoms with Crippen molar-refractivity contribution in [3.05, 3.63) is 33.4 Å². The number of aromatic nitrogens is 1. The first kappa shape index (κ1) is 7.05. The second-order valence-electron chi connectivity index (χ2n) is 1.50. The van der Waals surface area contributed by atoms with Crippen molar-refractivity contribution in [2.45, 2.75) is 0 Å². The summed E-state index contributed by atoms with van der Waals surface area (Å²) in [5, 5.41) is 3.38. The molecular formula is C5H3BrN4. The van der Waals surface area contributed by atoms with Crippen LogP contribution in [0.4, 0.5) is 5.69 Å². The smallest absolute Gasteiger partial charge is 0.115 e. The molecule has 1 aromatic rings. The van der Waals surface area contributed by atoms with Gasteiger partial charge in [-0.25, -0.2) is 4.98 Å². The van der Waals surface area contributed by atoms with Gasteiger partial charge in [0, 0.05) is 11.1 Å². The van der Waals surface area contributed by atoms with E-state index in [2.05, 4.69) is 30.9 Å². The highest BCUT2D eigenvalue weighted by Crippen LogP contribution is 2.21. The summed E-state index contributed by atoms with van der Waals surface area (Å²) in [6.45, 7) is 0. The molecule has 0 aliphatic carbocycles. The molecule has 1 rings (SSSR count). The summed E-state index contributed by atoms with van der Waals surface area (Å²) in [6, 6.07) is 3.38. The lowest BCUT2D eigenvalue weighted by molar-refractivity contribution is 1.25. The molecule has 0 saturated heterocycles. The number of azide groups is 1. The van der Waals surface area contributed by atoms with Crippen molar-refractivity contribution in [1.82, 2.24) is 4.98 Å². The second-order valence-corrected chi connectivity index (χ2v) is 2.25. The first-order valence-electron chi connectivity index (χ1n) is 2.50. The summed E-state index contributed by atoms with van der Waals surface area (Å²) in [5.41, 5.74) is 8.56. The van der Waals surface area contributed by atoms with Crippen LogP contribution in [0.15, 0.2) is 28.0 Å². The van der Waals surface area contributed by atoms with E-state index in [1.807, 2.05) is 0 Å². The van der Waals surface area contributed by atoms with Crippen LogP contribution in [-0.4, -0.2) is 4.98 Å². The van der Waals surface area contributed by atoms with Crippen LogP contribution in [-0.2, 0) is 0 Å². The summed E-state index contributed by atoms with van der Waals surface area (Å²) in [5.74, 6) is 0. The average Bonchev–Trinajstić information content (AvgIpc) is 1.94. The SMILES string of the molecule is [N-]=[N+]=Nc1cccnc1Br. The standard InChI is InChI=1S/C5H3BrN4/c6-5-4(9-10-7)2-1-3-8-5/h1-3H. The molecule has 50 valence electrons. The highest BCUT2D eigenvalue weighted by Gasteiger charge is 1.93. The van der Waals surface area contributed by atoms with Crippen molar-refractivity contribution in [2.24, 2.45) is 5.11 Å². The molecule has 0 N–H and O–H groups in total. The topological polar surface area (TPSA) is 61.7 Å². The van der Waals surface area contributed by atoms with Gasteiger partial charge in [-0.15, -0.1) is 0 Å². The Bertz CT molecular complexity index is 279. The predicted octanol–water partition coefficient (Wildman–Crippen LogP) is 2.79. The Morgan fingerprint density at radius 3 is 3.10 bits per heavy atom. The molecule has 5 heteroatoms. The number of halogens is 1. The number of pyridine rings is 1. The van der Waals surface area contributed by atoms with Gasteiger partial charge in [0.25, 0.3) is 0 Å². The van der Waals surface area contributed by atoms with E-state index < -0.39 is 0 Å². The van der Waals surface area contributed by atoms with E-state index in [9.17, 15) is 0 Å². The van der Waals surface area contributed by atoms with Crippen LogP contribution in [0.3, 0.4) is 0 Å². The quantitative estimate of drug-likeness (QED) is 0.297. The van der Waals surface area contributed by atoms with Gasteiger partial charge in [0.05, 0.1) is 5.69 Å². The van der Waals surface area contributed by atoms with Crippen molar-refractivity contribution < 1.29 is 0 Å². The van der Waals surface area contributed by atoms with Crippen molar-refractivity contribution in [2.75, 3.05) is 0 Å². The molecule has 10 heavy (non-hydrogen) atoms. The van der Waals surface area contributed by atoms with E-state index in [0.29, 0.717) is 10.3 Å². The number of hydrogen-bond donors (Lipinski definition) is 0. The van der Waals surface area contributed by atoms with E-state index in [-0.39, 0.29) is 0 Å². The van der Waals surface area contributed by atoms with Gasteiger partial charge in [-0.05, 0) is 33.6 Å². The normalized spacial score (nSPS) is 8.50. The molecule has 4 nitrogen and oxygen atoms in total.